The summed E-state index contributed by atoms with van der Waals surface area (Å²) in [5, 5.41) is 3.21. The van der Waals surface area contributed by atoms with Gasteiger partial charge in [-0.3, -0.25) is 4.90 Å². The molecule has 1 aromatic rings. The van der Waals surface area contributed by atoms with E-state index in [1.807, 2.05) is 5.38 Å². The van der Waals surface area contributed by atoms with E-state index in [0.29, 0.717) is 5.88 Å². The largest absolute Gasteiger partial charge is 0.300 e. The van der Waals surface area contributed by atoms with Crippen LogP contribution in [0, 0.1) is 0 Å². The van der Waals surface area contributed by atoms with Gasteiger partial charge in [0, 0.05) is 5.38 Å². The number of thiazole rings is 1. The molecule has 0 radical (unpaired) electrons. The summed E-state index contributed by atoms with van der Waals surface area (Å²) in [6, 6.07) is 0. The lowest BCUT2D eigenvalue weighted by Gasteiger charge is -2.14. The molecular weight excluding hydrogens is 228 g/mol. The summed E-state index contributed by atoms with van der Waals surface area (Å²) in [7, 11) is 2.15. The van der Waals surface area contributed by atoms with Crippen LogP contribution in [0.3, 0.4) is 0 Å². The zero-order valence-corrected chi connectivity index (χ0v) is 11.1. The van der Waals surface area contributed by atoms with Crippen LogP contribution in [0.2, 0.25) is 0 Å². The van der Waals surface area contributed by atoms with Crippen LogP contribution in [-0.2, 0) is 12.4 Å². The molecule has 0 unspecified atom stereocenters. The van der Waals surface area contributed by atoms with Crippen LogP contribution in [0.15, 0.2) is 5.38 Å². The normalized spacial score (nSPS) is 11.2. The summed E-state index contributed by atoms with van der Waals surface area (Å²) in [4.78, 5) is 6.77. The van der Waals surface area contributed by atoms with Crippen molar-refractivity contribution in [2.75, 3.05) is 13.6 Å². The molecule has 1 heterocycles. The van der Waals surface area contributed by atoms with Crippen molar-refractivity contribution in [1.82, 2.24) is 9.88 Å². The van der Waals surface area contributed by atoms with Crippen molar-refractivity contribution >= 4 is 22.9 Å². The molecule has 0 aliphatic heterocycles. The standard InChI is InChI=1S/C11H19ClN2S/c1-3-4-5-6-14(2)8-11-13-10(7-12)9-15-11/h9H,3-8H2,1-2H3. The summed E-state index contributed by atoms with van der Waals surface area (Å²) in [6.07, 6.45) is 3.87. The highest BCUT2D eigenvalue weighted by molar-refractivity contribution is 7.09. The van der Waals surface area contributed by atoms with Crippen molar-refractivity contribution in [1.29, 1.82) is 0 Å². The van der Waals surface area contributed by atoms with Crippen molar-refractivity contribution < 1.29 is 0 Å². The summed E-state index contributed by atoms with van der Waals surface area (Å²) < 4.78 is 0. The Morgan fingerprint density at radius 1 is 1.47 bits per heavy atom. The van der Waals surface area contributed by atoms with Crippen LogP contribution in [0.5, 0.6) is 0 Å². The smallest absolute Gasteiger partial charge is 0.107 e. The minimum Gasteiger partial charge on any atom is -0.300 e. The maximum Gasteiger partial charge on any atom is 0.107 e. The molecule has 2 nitrogen and oxygen atoms in total. The molecule has 0 saturated carbocycles. The van der Waals surface area contributed by atoms with E-state index < -0.39 is 0 Å². The fourth-order valence-corrected chi connectivity index (χ4v) is 2.53. The molecule has 0 aliphatic carbocycles. The Labute approximate surface area is 101 Å². The van der Waals surface area contributed by atoms with Gasteiger partial charge >= 0.3 is 0 Å². The molecule has 0 fully saturated rings. The van der Waals surface area contributed by atoms with Crippen molar-refractivity contribution in [2.24, 2.45) is 0 Å². The molecule has 86 valence electrons. The van der Waals surface area contributed by atoms with E-state index in [9.17, 15) is 0 Å². The fraction of sp³-hybridized carbons (Fsp3) is 0.727. The van der Waals surface area contributed by atoms with Gasteiger partial charge in [-0.2, -0.15) is 0 Å². The molecule has 0 spiro atoms. The van der Waals surface area contributed by atoms with Crippen LogP contribution in [0.4, 0.5) is 0 Å². The molecular formula is C11H19ClN2S. The van der Waals surface area contributed by atoms with Gasteiger partial charge in [-0.05, 0) is 20.0 Å². The van der Waals surface area contributed by atoms with E-state index >= 15 is 0 Å². The number of rotatable bonds is 7. The van der Waals surface area contributed by atoms with Crippen LogP contribution >= 0.6 is 22.9 Å². The van der Waals surface area contributed by atoms with Gasteiger partial charge in [0.15, 0.2) is 0 Å². The molecule has 4 heteroatoms. The number of halogens is 1. The lowest BCUT2D eigenvalue weighted by Crippen LogP contribution is -2.18. The Kier molecular flexibility index (Phi) is 6.22. The summed E-state index contributed by atoms with van der Waals surface area (Å²) in [6.45, 7) is 4.34. The van der Waals surface area contributed by atoms with Gasteiger partial charge in [0.2, 0.25) is 0 Å². The van der Waals surface area contributed by atoms with E-state index in [-0.39, 0.29) is 0 Å². The van der Waals surface area contributed by atoms with Gasteiger partial charge in [0.25, 0.3) is 0 Å². The highest BCUT2D eigenvalue weighted by Crippen LogP contribution is 2.13. The summed E-state index contributed by atoms with van der Waals surface area (Å²) in [5.41, 5.74) is 0.999. The van der Waals surface area contributed by atoms with Crippen molar-refractivity contribution in [3.63, 3.8) is 0 Å². The Bertz CT molecular complexity index is 275. The molecule has 0 atom stereocenters. The third-order valence-electron chi connectivity index (χ3n) is 2.28. The summed E-state index contributed by atoms with van der Waals surface area (Å²) in [5.74, 6) is 0.524. The van der Waals surface area contributed by atoms with Gasteiger partial charge in [0.05, 0.1) is 18.1 Å². The lowest BCUT2D eigenvalue weighted by atomic mass is 10.2. The Morgan fingerprint density at radius 3 is 2.87 bits per heavy atom. The number of hydrogen-bond donors (Lipinski definition) is 0. The highest BCUT2D eigenvalue weighted by atomic mass is 35.5. The molecule has 0 aromatic carbocycles. The van der Waals surface area contributed by atoms with Crippen LogP contribution in [0.25, 0.3) is 0 Å². The molecule has 0 N–H and O–H groups in total. The number of nitrogens with zero attached hydrogens (tertiary/aromatic N) is 2. The van der Waals surface area contributed by atoms with Crippen molar-refractivity contribution in [3.8, 4) is 0 Å². The second-order valence-electron chi connectivity index (χ2n) is 3.81. The first-order valence-corrected chi connectivity index (χ1v) is 6.85. The third-order valence-corrected chi connectivity index (χ3v) is 3.44. The number of unbranched alkanes of at least 4 members (excludes halogenated alkanes) is 2. The maximum absolute atomic E-state index is 5.71. The topological polar surface area (TPSA) is 16.1 Å². The van der Waals surface area contributed by atoms with Gasteiger partial charge < -0.3 is 0 Å². The molecule has 0 bridgehead atoms. The predicted molar refractivity (Wildman–Crippen MR) is 67.5 cm³/mol. The predicted octanol–water partition coefficient (Wildman–Crippen LogP) is 3.50. The molecule has 0 saturated heterocycles. The zero-order chi connectivity index (χ0) is 11.1. The Hall–Kier alpha value is -0.120. The van der Waals surface area contributed by atoms with Gasteiger partial charge in [-0.1, -0.05) is 19.8 Å². The van der Waals surface area contributed by atoms with Crippen molar-refractivity contribution in [2.45, 2.75) is 38.6 Å². The minimum absolute atomic E-state index is 0.524. The first-order chi connectivity index (χ1) is 7.26. The number of hydrogen-bond acceptors (Lipinski definition) is 3. The Morgan fingerprint density at radius 2 is 2.27 bits per heavy atom. The van der Waals surface area contributed by atoms with Gasteiger partial charge in [0.1, 0.15) is 5.01 Å². The first kappa shape index (κ1) is 12.9. The molecule has 1 aromatic heterocycles. The van der Waals surface area contributed by atoms with E-state index in [1.165, 1.54) is 24.3 Å². The fourth-order valence-electron chi connectivity index (χ4n) is 1.42. The SMILES string of the molecule is CCCCCN(C)Cc1nc(CCl)cs1. The monoisotopic (exact) mass is 246 g/mol. The minimum atomic E-state index is 0.524. The van der Waals surface area contributed by atoms with E-state index in [0.717, 1.165) is 18.8 Å². The third kappa shape index (κ3) is 4.96. The van der Waals surface area contributed by atoms with Gasteiger partial charge in [-0.25, -0.2) is 4.98 Å². The first-order valence-electron chi connectivity index (χ1n) is 5.44. The maximum atomic E-state index is 5.71. The van der Waals surface area contributed by atoms with Crippen LogP contribution in [-0.4, -0.2) is 23.5 Å². The molecule has 0 aliphatic rings. The average Bonchev–Trinajstić information content (AvgIpc) is 2.66. The molecule has 0 amide bonds. The molecule has 1 rings (SSSR count). The average molecular weight is 247 g/mol. The van der Waals surface area contributed by atoms with E-state index in [1.54, 1.807) is 11.3 Å². The number of aromatic nitrogens is 1. The van der Waals surface area contributed by atoms with Gasteiger partial charge in [-0.15, -0.1) is 22.9 Å². The second-order valence-corrected chi connectivity index (χ2v) is 5.02. The zero-order valence-electron chi connectivity index (χ0n) is 9.50. The van der Waals surface area contributed by atoms with E-state index in [4.69, 9.17) is 11.6 Å². The highest BCUT2D eigenvalue weighted by Gasteiger charge is 2.04. The summed E-state index contributed by atoms with van der Waals surface area (Å²) >= 11 is 7.41. The van der Waals surface area contributed by atoms with Crippen LogP contribution < -0.4 is 0 Å². The van der Waals surface area contributed by atoms with Crippen molar-refractivity contribution in [3.05, 3.63) is 16.1 Å². The lowest BCUT2D eigenvalue weighted by molar-refractivity contribution is 0.317. The van der Waals surface area contributed by atoms with E-state index in [2.05, 4.69) is 23.9 Å². The molecule has 15 heavy (non-hydrogen) atoms. The van der Waals surface area contributed by atoms with Crippen LogP contribution in [0.1, 0.15) is 36.9 Å². The second kappa shape index (κ2) is 7.20. The Balaban J connectivity index is 2.27. The number of alkyl halides is 1. The quantitative estimate of drug-likeness (QED) is 0.541.